The quantitative estimate of drug-likeness (QED) is 0.895. The molecule has 0 saturated carbocycles. The number of likely N-dealkylation sites (tertiary alicyclic amines) is 1. The number of tetrazole rings is 1. The van der Waals surface area contributed by atoms with Gasteiger partial charge in [-0.25, -0.2) is 4.98 Å². The first-order chi connectivity index (χ1) is 9.25. The van der Waals surface area contributed by atoms with Crippen molar-refractivity contribution >= 4 is 17.2 Å². The zero-order chi connectivity index (χ0) is 13.2. The van der Waals surface area contributed by atoms with Crippen LogP contribution in [-0.2, 0) is 0 Å². The number of carbonyl (C=O) groups excluding carboxylic acids is 1. The molecule has 0 radical (unpaired) electrons. The van der Waals surface area contributed by atoms with Crippen LogP contribution in [0.1, 0.15) is 36.7 Å². The van der Waals surface area contributed by atoms with E-state index in [4.69, 9.17) is 0 Å². The maximum absolute atomic E-state index is 12.4. The number of nitrogens with zero attached hydrogens (tertiary/aromatic N) is 5. The van der Waals surface area contributed by atoms with Crippen molar-refractivity contribution in [2.75, 3.05) is 6.54 Å². The predicted octanol–water partition coefficient (Wildman–Crippen LogP) is 1.34. The summed E-state index contributed by atoms with van der Waals surface area (Å²) in [6.07, 6.45) is 3.32. The van der Waals surface area contributed by atoms with Crippen LogP contribution < -0.4 is 0 Å². The molecule has 100 valence electrons. The van der Waals surface area contributed by atoms with E-state index in [1.165, 1.54) is 17.8 Å². The lowest BCUT2D eigenvalue weighted by Gasteiger charge is -2.32. The molecule has 2 aromatic heterocycles. The lowest BCUT2D eigenvalue weighted by atomic mass is 10.0. The van der Waals surface area contributed by atoms with Crippen LogP contribution in [0.25, 0.3) is 10.8 Å². The number of aromatic nitrogens is 5. The van der Waals surface area contributed by atoms with E-state index in [0.717, 1.165) is 19.4 Å². The molecule has 7 nitrogen and oxygen atoms in total. The Balaban J connectivity index is 1.80. The maximum atomic E-state index is 12.4. The second-order valence-corrected chi connectivity index (χ2v) is 5.47. The van der Waals surface area contributed by atoms with Crippen LogP contribution in [0.3, 0.4) is 0 Å². The number of rotatable bonds is 2. The van der Waals surface area contributed by atoms with Gasteiger partial charge < -0.3 is 4.90 Å². The highest BCUT2D eigenvalue weighted by Gasteiger charge is 2.26. The highest BCUT2D eigenvalue weighted by Crippen LogP contribution is 2.23. The van der Waals surface area contributed by atoms with Crippen LogP contribution >= 0.6 is 11.3 Å². The lowest BCUT2D eigenvalue weighted by molar-refractivity contribution is 0.0630. The number of carbonyl (C=O) groups is 1. The van der Waals surface area contributed by atoms with Crippen LogP contribution in [0.15, 0.2) is 5.38 Å². The van der Waals surface area contributed by atoms with Crippen molar-refractivity contribution in [3.8, 4) is 10.8 Å². The van der Waals surface area contributed by atoms with E-state index in [2.05, 4.69) is 32.5 Å². The van der Waals surface area contributed by atoms with Crippen molar-refractivity contribution < 1.29 is 4.79 Å². The third-order valence-electron chi connectivity index (χ3n) is 3.32. The van der Waals surface area contributed by atoms with E-state index in [-0.39, 0.29) is 11.9 Å². The molecule has 0 unspecified atom stereocenters. The topological polar surface area (TPSA) is 87.7 Å². The fourth-order valence-corrected chi connectivity index (χ4v) is 2.99. The average Bonchev–Trinajstić information content (AvgIpc) is 3.09. The van der Waals surface area contributed by atoms with Gasteiger partial charge in [-0.3, -0.25) is 4.79 Å². The Morgan fingerprint density at radius 3 is 3.16 bits per heavy atom. The van der Waals surface area contributed by atoms with Gasteiger partial charge in [-0.1, -0.05) is 0 Å². The van der Waals surface area contributed by atoms with E-state index in [1.807, 2.05) is 4.90 Å². The monoisotopic (exact) mass is 278 g/mol. The number of nitrogens with one attached hydrogen (secondary N) is 1. The molecule has 1 aliphatic rings. The van der Waals surface area contributed by atoms with Crippen LogP contribution in [0.2, 0.25) is 0 Å². The summed E-state index contributed by atoms with van der Waals surface area (Å²) in [5.41, 5.74) is 0.471. The fourth-order valence-electron chi connectivity index (χ4n) is 2.27. The van der Waals surface area contributed by atoms with E-state index >= 15 is 0 Å². The van der Waals surface area contributed by atoms with Crippen molar-refractivity contribution in [2.24, 2.45) is 0 Å². The second kappa shape index (κ2) is 5.04. The first-order valence-corrected chi connectivity index (χ1v) is 7.14. The second-order valence-electron chi connectivity index (χ2n) is 4.62. The molecule has 3 rings (SSSR count). The van der Waals surface area contributed by atoms with Gasteiger partial charge in [0.2, 0.25) is 5.82 Å². The number of H-pyrrole nitrogens is 1. The van der Waals surface area contributed by atoms with E-state index in [0.29, 0.717) is 16.5 Å². The van der Waals surface area contributed by atoms with Gasteiger partial charge in [0, 0.05) is 18.0 Å². The summed E-state index contributed by atoms with van der Waals surface area (Å²) in [6.45, 7) is 2.90. The molecule has 1 saturated heterocycles. The molecule has 1 aliphatic heterocycles. The minimum absolute atomic E-state index is 0.00167. The SMILES string of the molecule is C[C@H]1CCCCN1C(=O)c1csc(-c2nn[nH]n2)n1. The molecule has 1 N–H and O–H groups in total. The summed E-state index contributed by atoms with van der Waals surface area (Å²) in [4.78, 5) is 18.6. The molecule has 19 heavy (non-hydrogen) atoms. The summed E-state index contributed by atoms with van der Waals surface area (Å²) in [7, 11) is 0. The standard InChI is InChI=1S/C11H14N6OS/c1-7-4-2-3-5-17(7)11(18)8-6-19-10(12-8)9-13-15-16-14-9/h6-7H,2-5H2,1H3,(H,13,14,15,16)/t7-/m0/s1. The van der Waals surface area contributed by atoms with Gasteiger partial charge in [0.1, 0.15) is 5.69 Å². The number of aromatic amines is 1. The number of hydrogen-bond acceptors (Lipinski definition) is 6. The molecule has 2 aromatic rings. The Bertz CT molecular complexity index is 566. The molecule has 0 aliphatic carbocycles. The smallest absolute Gasteiger partial charge is 0.273 e. The maximum Gasteiger partial charge on any atom is 0.273 e. The Hall–Kier alpha value is -1.83. The molecule has 0 aromatic carbocycles. The highest BCUT2D eigenvalue weighted by molar-refractivity contribution is 7.13. The van der Waals surface area contributed by atoms with Crippen LogP contribution in [-0.4, -0.2) is 49.0 Å². The van der Waals surface area contributed by atoms with Crippen molar-refractivity contribution in [1.82, 2.24) is 30.5 Å². The number of amides is 1. The van der Waals surface area contributed by atoms with Crippen molar-refractivity contribution in [1.29, 1.82) is 0 Å². The summed E-state index contributed by atoms with van der Waals surface area (Å²) in [6, 6.07) is 0.288. The zero-order valence-electron chi connectivity index (χ0n) is 10.5. The normalized spacial score (nSPS) is 19.6. The molecule has 1 fully saturated rings. The van der Waals surface area contributed by atoms with Gasteiger partial charge >= 0.3 is 0 Å². The summed E-state index contributed by atoms with van der Waals surface area (Å²) in [5.74, 6) is 0.425. The molecular weight excluding hydrogens is 264 g/mol. The van der Waals surface area contributed by atoms with Gasteiger partial charge in [0.25, 0.3) is 5.91 Å². The van der Waals surface area contributed by atoms with Gasteiger partial charge in [-0.05, 0) is 31.4 Å². The number of thiazole rings is 1. The van der Waals surface area contributed by atoms with E-state index in [1.54, 1.807) is 5.38 Å². The minimum atomic E-state index is -0.00167. The van der Waals surface area contributed by atoms with Crippen molar-refractivity contribution in [3.63, 3.8) is 0 Å². The average molecular weight is 278 g/mol. The van der Waals surface area contributed by atoms with Gasteiger partial charge in [-0.2, -0.15) is 5.21 Å². The first kappa shape index (κ1) is 12.2. The number of piperidine rings is 1. The van der Waals surface area contributed by atoms with E-state index in [9.17, 15) is 4.79 Å². The summed E-state index contributed by atoms with van der Waals surface area (Å²) in [5, 5.41) is 16.0. The predicted molar refractivity (Wildman–Crippen MR) is 69.6 cm³/mol. The molecule has 0 spiro atoms. The Kier molecular flexibility index (Phi) is 3.24. The van der Waals surface area contributed by atoms with Gasteiger partial charge in [0.05, 0.1) is 0 Å². The van der Waals surface area contributed by atoms with Crippen molar-refractivity contribution in [3.05, 3.63) is 11.1 Å². The molecule has 1 amide bonds. The Labute approximate surface area is 114 Å². The molecule has 3 heterocycles. The summed E-state index contributed by atoms with van der Waals surface area (Å²) < 4.78 is 0. The minimum Gasteiger partial charge on any atom is -0.335 e. The third kappa shape index (κ3) is 2.35. The van der Waals surface area contributed by atoms with Gasteiger partial charge in [0.15, 0.2) is 5.01 Å². The molecule has 0 bridgehead atoms. The Morgan fingerprint density at radius 1 is 1.53 bits per heavy atom. The molecule has 1 atom stereocenters. The zero-order valence-corrected chi connectivity index (χ0v) is 11.4. The van der Waals surface area contributed by atoms with Crippen LogP contribution in [0, 0.1) is 0 Å². The number of hydrogen-bond donors (Lipinski definition) is 1. The molecular formula is C11H14N6OS. The van der Waals surface area contributed by atoms with Crippen LogP contribution in [0.4, 0.5) is 0 Å². The third-order valence-corrected chi connectivity index (χ3v) is 4.16. The fraction of sp³-hybridized carbons (Fsp3) is 0.545. The largest absolute Gasteiger partial charge is 0.335 e. The Morgan fingerprint density at radius 2 is 2.42 bits per heavy atom. The first-order valence-electron chi connectivity index (χ1n) is 6.26. The van der Waals surface area contributed by atoms with E-state index < -0.39 is 0 Å². The van der Waals surface area contributed by atoms with Crippen LogP contribution in [0.5, 0.6) is 0 Å². The lowest BCUT2D eigenvalue weighted by Crippen LogP contribution is -2.42. The highest BCUT2D eigenvalue weighted by atomic mass is 32.1. The summed E-state index contributed by atoms with van der Waals surface area (Å²) >= 11 is 1.36. The van der Waals surface area contributed by atoms with Crippen molar-refractivity contribution in [2.45, 2.75) is 32.2 Å². The van der Waals surface area contributed by atoms with Gasteiger partial charge in [-0.15, -0.1) is 21.5 Å². The molecule has 8 heteroatoms.